The second-order valence-corrected chi connectivity index (χ2v) is 4.81. The Labute approximate surface area is 113 Å². The van der Waals surface area contributed by atoms with Gasteiger partial charge >= 0.3 is 0 Å². The monoisotopic (exact) mass is 254 g/mol. The Kier molecular flexibility index (Phi) is 3.42. The highest BCUT2D eigenvalue weighted by Crippen LogP contribution is 2.22. The molecule has 1 aliphatic heterocycles. The normalized spacial score (nSPS) is 15.5. The number of hydrogen-bond donors (Lipinski definition) is 1. The van der Waals surface area contributed by atoms with Crippen molar-refractivity contribution in [2.24, 2.45) is 0 Å². The molecule has 0 aliphatic carbocycles. The number of rotatable bonds is 2. The standard InChI is InChI=1S/C15H18N4/c1-12-4-2-3-5-13(12)14-10-17-11-15(18-14)19-8-6-16-7-9-19/h2-5,10-11,16H,6-9H2,1H3. The molecule has 0 bridgehead atoms. The van der Waals surface area contributed by atoms with E-state index >= 15 is 0 Å². The predicted octanol–water partition coefficient (Wildman–Crippen LogP) is 1.86. The zero-order valence-corrected chi connectivity index (χ0v) is 11.1. The van der Waals surface area contributed by atoms with Gasteiger partial charge in [-0.15, -0.1) is 0 Å². The molecule has 2 heterocycles. The number of piperazine rings is 1. The van der Waals surface area contributed by atoms with Crippen LogP contribution in [0.15, 0.2) is 36.7 Å². The van der Waals surface area contributed by atoms with Gasteiger partial charge in [0, 0.05) is 31.7 Å². The number of nitrogens with zero attached hydrogens (tertiary/aromatic N) is 3. The molecular weight excluding hydrogens is 236 g/mol. The van der Waals surface area contributed by atoms with Gasteiger partial charge in [-0.05, 0) is 12.5 Å². The van der Waals surface area contributed by atoms with Crippen LogP contribution in [0.4, 0.5) is 5.82 Å². The summed E-state index contributed by atoms with van der Waals surface area (Å²) < 4.78 is 0. The summed E-state index contributed by atoms with van der Waals surface area (Å²) in [6.07, 6.45) is 3.70. The van der Waals surface area contributed by atoms with Gasteiger partial charge in [0.25, 0.3) is 0 Å². The third-order valence-electron chi connectivity index (χ3n) is 3.48. The van der Waals surface area contributed by atoms with Gasteiger partial charge in [-0.3, -0.25) is 4.98 Å². The molecule has 1 aromatic heterocycles. The Hall–Kier alpha value is -1.94. The third-order valence-corrected chi connectivity index (χ3v) is 3.48. The van der Waals surface area contributed by atoms with Crippen molar-refractivity contribution in [3.63, 3.8) is 0 Å². The van der Waals surface area contributed by atoms with Crippen LogP contribution in [0.25, 0.3) is 11.3 Å². The topological polar surface area (TPSA) is 41.1 Å². The maximum absolute atomic E-state index is 4.76. The first-order chi connectivity index (χ1) is 9.34. The lowest BCUT2D eigenvalue weighted by molar-refractivity contribution is 0.584. The van der Waals surface area contributed by atoms with Crippen molar-refractivity contribution >= 4 is 5.82 Å². The van der Waals surface area contributed by atoms with E-state index in [4.69, 9.17) is 4.98 Å². The van der Waals surface area contributed by atoms with Crippen LogP contribution in [0, 0.1) is 6.92 Å². The van der Waals surface area contributed by atoms with Crippen molar-refractivity contribution in [3.05, 3.63) is 42.2 Å². The molecule has 0 spiro atoms. The summed E-state index contributed by atoms with van der Waals surface area (Å²) in [5, 5.41) is 3.35. The second-order valence-electron chi connectivity index (χ2n) is 4.81. The summed E-state index contributed by atoms with van der Waals surface area (Å²) in [6.45, 7) is 6.11. The average molecular weight is 254 g/mol. The summed E-state index contributed by atoms with van der Waals surface area (Å²) >= 11 is 0. The molecule has 4 heteroatoms. The SMILES string of the molecule is Cc1ccccc1-c1cncc(N2CCNCC2)n1. The van der Waals surface area contributed by atoms with Crippen LogP contribution >= 0.6 is 0 Å². The molecule has 0 saturated carbocycles. The molecule has 0 atom stereocenters. The van der Waals surface area contributed by atoms with Crippen molar-refractivity contribution in [3.8, 4) is 11.3 Å². The number of nitrogens with one attached hydrogen (secondary N) is 1. The zero-order chi connectivity index (χ0) is 13.1. The molecule has 3 rings (SSSR count). The fourth-order valence-electron chi connectivity index (χ4n) is 2.39. The Morgan fingerprint density at radius 3 is 2.68 bits per heavy atom. The van der Waals surface area contributed by atoms with Gasteiger partial charge in [0.2, 0.25) is 0 Å². The highest BCUT2D eigenvalue weighted by Gasteiger charge is 2.13. The molecule has 1 aliphatic rings. The van der Waals surface area contributed by atoms with Crippen molar-refractivity contribution in [1.29, 1.82) is 0 Å². The summed E-state index contributed by atoms with van der Waals surface area (Å²) in [5.74, 6) is 0.974. The predicted molar refractivity (Wildman–Crippen MR) is 77.3 cm³/mol. The van der Waals surface area contributed by atoms with Crippen LogP contribution in [-0.2, 0) is 0 Å². The van der Waals surface area contributed by atoms with Crippen LogP contribution in [0.3, 0.4) is 0 Å². The maximum atomic E-state index is 4.76. The molecule has 0 unspecified atom stereocenters. The first kappa shape index (κ1) is 12.1. The van der Waals surface area contributed by atoms with Gasteiger partial charge in [-0.2, -0.15) is 0 Å². The van der Waals surface area contributed by atoms with Gasteiger partial charge in [0.05, 0.1) is 18.1 Å². The Bertz CT molecular complexity index is 562. The number of anilines is 1. The highest BCUT2D eigenvalue weighted by molar-refractivity contribution is 5.64. The van der Waals surface area contributed by atoms with Crippen LogP contribution < -0.4 is 10.2 Å². The van der Waals surface area contributed by atoms with Crippen molar-refractivity contribution < 1.29 is 0 Å². The average Bonchev–Trinajstić information content (AvgIpc) is 2.49. The van der Waals surface area contributed by atoms with E-state index in [0.717, 1.165) is 43.3 Å². The first-order valence-electron chi connectivity index (χ1n) is 6.68. The quantitative estimate of drug-likeness (QED) is 0.888. The van der Waals surface area contributed by atoms with E-state index in [-0.39, 0.29) is 0 Å². The van der Waals surface area contributed by atoms with Crippen LogP contribution in [-0.4, -0.2) is 36.1 Å². The fraction of sp³-hybridized carbons (Fsp3) is 0.333. The van der Waals surface area contributed by atoms with Crippen LogP contribution in [0.5, 0.6) is 0 Å². The minimum atomic E-state index is 0.953. The van der Waals surface area contributed by atoms with Crippen molar-refractivity contribution in [2.75, 3.05) is 31.1 Å². The van der Waals surface area contributed by atoms with Gasteiger partial charge in [-0.25, -0.2) is 4.98 Å². The Morgan fingerprint density at radius 1 is 1.11 bits per heavy atom. The number of aromatic nitrogens is 2. The summed E-state index contributed by atoms with van der Waals surface area (Å²) in [5.41, 5.74) is 3.34. The maximum Gasteiger partial charge on any atom is 0.147 e. The first-order valence-corrected chi connectivity index (χ1v) is 6.68. The van der Waals surface area contributed by atoms with E-state index in [9.17, 15) is 0 Å². The van der Waals surface area contributed by atoms with Gasteiger partial charge in [0.15, 0.2) is 0 Å². The largest absolute Gasteiger partial charge is 0.353 e. The molecule has 1 N–H and O–H groups in total. The molecule has 19 heavy (non-hydrogen) atoms. The number of hydrogen-bond acceptors (Lipinski definition) is 4. The molecule has 98 valence electrons. The number of aryl methyl sites for hydroxylation is 1. The Morgan fingerprint density at radius 2 is 1.89 bits per heavy atom. The summed E-state index contributed by atoms with van der Waals surface area (Å²) in [6, 6.07) is 8.29. The third kappa shape index (κ3) is 2.58. The van der Waals surface area contributed by atoms with Gasteiger partial charge < -0.3 is 10.2 Å². The summed E-state index contributed by atoms with van der Waals surface area (Å²) in [4.78, 5) is 11.4. The molecular formula is C15H18N4. The lowest BCUT2D eigenvalue weighted by Crippen LogP contribution is -2.43. The minimum absolute atomic E-state index is 0.953. The number of benzene rings is 1. The van der Waals surface area contributed by atoms with Crippen LogP contribution in [0.2, 0.25) is 0 Å². The van der Waals surface area contributed by atoms with E-state index < -0.39 is 0 Å². The lowest BCUT2D eigenvalue weighted by atomic mass is 10.1. The summed E-state index contributed by atoms with van der Waals surface area (Å²) in [7, 11) is 0. The molecule has 2 aromatic rings. The van der Waals surface area contributed by atoms with Crippen molar-refractivity contribution in [2.45, 2.75) is 6.92 Å². The fourth-order valence-corrected chi connectivity index (χ4v) is 2.39. The van der Waals surface area contributed by atoms with E-state index in [2.05, 4.69) is 34.3 Å². The minimum Gasteiger partial charge on any atom is -0.353 e. The van der Waals surface area contributed by atoms with E-state index in [1.165, 1.54) is 5.56 Å². The van der Waals surface area contributed by atoms with Crippen LogP contribution in [0.1, 0.15) is 5.56 Å². The van der Waals surface area contributed by atoms with Gasteiger partial charge in [0.1, 0.15) is 5.82 Å². The molecule has 1 saturated heterocycles. The zero-order valence-electron chi connectivity index (χ0n) is 11.1. The Balaban J connectivity index is 1.93. The highest BCUT2D eigenvalue weighted by atomic mass is 15.2. The molecule has 1 fully saturated rings. The van der Waals surface area contributed by atoms with E-state index in [1.54, 1.807) is 0 Å². The van der Waals surface area contributed by atoms with Crippen molar-refractivity contribution in [1.82, 2.24) is 15.3 Å². The molecule has 0 amide bonds. The van der Waals surface area contributed by atoms with Gasteiger partial charge in [-0.1, -0.05) is 24.3 Å². The molecule has 4 nitrogen and oxygen atoms in total. The van der Waals surface area contributed by atoms with E-state index in [0.29, 0.717) is 0 Å². The molecule has 1 aromatic carbocycles. The molecule has 0 radical (unpaired) electrons. The lowest BCUT2D eigenvalue weighted by Gasteiger charge is -2.28. The second kappa shape index (κ2) is 5.36. The van der Waals surface area contributed by atoms with E-state index in [1.807, 2.05) is 24.5 Å². The smallest absolute Gasteiger partial charge is 0.147 e.